The summed E-state index contributed by atoms with van der Waals surface area (Å²) in [4.78, 5) is 10.9. The fourth-order valence-electron chi connectivity index (χ4n) is 1.69. The van der Waals surface area contributed by atoms with E-state index in [1.807, 2.05) is 0 Å². The number of hydrogen-bond acceptors (Lipinski definition) is 7. The number of halogens is 3. The van der Waals surface area contributed by atoms with Gasteiger partial charge in [0.05, 0.1) is 6.10 Å². The van der Waals surface area contributed by atoms with Crippen molar-refractivity contribution in [1.29, 1.82) is 0 Å². The van der Waals surface area contributed by atoms with Gasteiger partial charge in [-0.25, -0.2) is 0 Å². The van der Waals surface area contributed by atoms with Crippen LogP contribution in [0.25, 0.3) is 0 Å². The van der Waals surface area contributed by atoms with Gasteiger partial charge in [-0.1, -0.05) is 0 Å². The lowest BCUT2D eigenvalue weighted by Gasteiger charge is -2.37. The third-order valence-corrected chi connectivity index (χ3v) is 3.54. The van der Waals surface area contributed by atoms with Crippen molar-refractivity contribution in [3.63, 3.8) is 0 Å². The number of hydrogen-bond donors (Lipinski definition) is 1. The van der Waals surface area contributed by atoms with Gasteiger partial charge in [-0.3, -0.25) is 8.98 Å². The second-order valence-electron chi connectivity index (χ2n) is 4.14. The van der Waals surface area contributed by atoms with Crippen LogP contribution in [0, 0.1) is 0 Å². The summed E-state index contributed by atoms with van der Waals surface area (Å²) in [6.07, 6.45) is -6.21. The highest BCUT2D eigenvalue weighted by Crippen LogP contribution is 2.31. The normalized spacial score (nSPS) is 31.9. The summed E-state index contributed by atoms with van der Waals surface area (Å²) in [5, 5.41) is 9.28. The number of carbonyl (C=O) groups is 1. The third-order valence-electron chi connectivity index (χ3n) is 2.47. The number of aliphatic hydroxyl groups is 1. The van der Waals surface area contributed by atoms with Crippen LogP contribution in [-0.4, -0.2) is 49.6 Å². The number of ether oxygens (including phenoxy) is 2. The number of carbonyl (C=O) groups excluding carboxylic acids is 1. The first-order valence-corrected chi connectivity index (χ1v) is 6.85. The summed E-state index contributed by atoms with van der Waals surface area (Å²) in [5.41, 5.74) is -5.61. The van der Waals surface area contributed by atoms with Crippen molar-refractivity contribution in [2.75, 3.05) is 0 Å². The first-order valence-electron chi connectivity index (χ1n) is 5.44. The Labute approximate surface area is 112 Å². The molecule has 0 aromatic heterocycles. The Hall–Kier alpha value is -0.910. The predicted molar refractivity (Wildman–Crippen MR) is 56.6 cm³/mol. The molecule has 1 saturated heterocycles. The van der Waals surface area contributed by atoms with Crippen LogP contribution in [0.1, 0.15) is 20.3 Å². The lowest BCUT2D eigenvalue weighted by atomic mass is 10.0. The van der Waals surface area contributed by atoms with Crippen molar-refractivity contribution in [3.8, 4) is 0 Å². The van der Waals surface area contributed by atoms with Gasteiger partial charge in [-0.2, -0.15) is 21.6 Å². The first kappa shape index (κ1) is 17.1. The summed E-state index contributed by atoms with van der Waals surface area (Å²) >= 11 is 0. The van der Waals surface area contributed by atoms with E-state index < -0.39 is 52.6 Å². The topological polar surface area (TPSA) is 99.1 Å². The van der Waals surface area contributed by atoms with Gasteiger partial charge >= 0.3 is 21.6 Å². The highest BCUT2D eigenvalue weighted by atomic mass is 32.2. The lowest BCUT2D eigenvalue weighted by Crippen LogP contribution is -2.51. The maximum Gasteiger partial charge on any atom is 0.523 e. The Bertz CT molecular complexity index is 461. The summed E-state index contributed by atoms with van der Waals surface area (Å²) in [6.45, 7) is 2.29. The van der Waals surface area contributed by atoms with Crippen LogP contribution >= 0.6 is 0 Å². The highest BCUT2D eigenvalue weighted by molar-refractivity contribution is 7.87. The van der Waals surface area contributed by atoms with E-state index in [2.05, 4.69) is 4.18 Å². The van der Waals surface area contributed by atoms with Gasteiger partial charge in [0.25, 0.3) is 0 Å². The Morgan fingerprint density at radius 1 is 1.40 bits per heavy atom. The zero-order valence-electron chi connectivity index (χ0n) is 10.5. The van der Waals surface area contributed by atoms with E-state index in [-0.39, 0.29) is 0 Å². The Morgan fingerprint density at radius 2 is 1.95 bits per heavy atom. The van der Waals surface area contributed by atoms with E-state index >= 15 is 0 Å². The maximum absolute atomic E-state index is 12.3. The third kappa shape index (κ3) is 4.04. The molecular formula is C9H13F3O7S. The molecule has 1 aliphatic rings. The molecule has 0 aromatic rings. The molecule has 1 heterocycles. The van der Waals surface area contributed by atoms with Gasteiger partial charge in [-0.05, 0) is 6.92 Å². The van der Waals surface area contributed by atoms with Gasteiger partial charge < -0.3 is 14.6 Å². The standard InChI is InChI=1S/C9H13F3O7S/c1-4-8(18-5(2)13)6(3-7(14)17-4)19-20(15,16)9(10,11)12/h4,6-8,14H,3H2,1-2H3/t4-,6+,7+,8-/m0/s1. The van der Waals surface area contributed by atoms with Gasteiger partial charge in [0.1, 0.15) is 6.10 Å². The van der Waals surface area contributed by atoms with E-state index in [1.165, 1.54) is 6.92 Å². The van der Waals surface area contributed by atoms with Crippen LogP contribution in [0.4, 0.5) is 13.2 Å². The Balaban J connectivity index is 2.95. The van der Waals surface area contributed by atoms with Crippen LogP contribution in [0.3, 0.4) is 0 Å². The molecule has 0 saturated carbocycles. The number of alkyl halides is 3. The molecule has 118 valence electrons. The van der Waals surface area contributed by atoms with Crippen LogP contribution in [0.2, 0.25) is 0 Å². The smallest absolute Gasteiger partial charge is 0.457 e. The van der Waals surface area contributed by atoms with Crippen molar-refractivity contribution in [1.82, 2.24) is 0 Å². The van der Waals surface area contributed by atoms with Crippen molar-refractivity contribution in [2.24, 2.45) is 0 Å². The van der Waals surface area contributed by atoms with Gasteiger partial charge in [0.2, 0.25) is 0 Å². The number of rotatable bonds is 3. The van der Waals surface area contributed by atoms with E-state index in [9.17, 15) is 31.5 Å². The molecule has 1 N–H and O–H groups in total. The van der Waals surface area contributed by atoms with Crippen molar-refractivity contribution in [3.05, 3.63) is 0 Å². The highest BCUT2D eigenvalue weighted by Gasteiger charge is 2.51. The summed E-state index contributed by atoms with van der Waals surface area (Å²) in [5.74, 6) is -0.847. The van der Waals surface area contributed by atoms with Crippen molar-refractivity contribution in [2.45, 2.75) is 50.4 Å². The molecule has 1 aliphatic heterocycles. The molecular weight excluding hydrogens is 309 g/mol. The number of aliphatic hydroxyl groups excluding tert-OH is 1. The molecule has 0 unspecified atom stereocenters. The van der Waals surface area contributed by atoms with Crippen LogP contribution in [-0.2, 0) is 28.6 Å². The second-order valence-corrected chi connectivity index (χ2v) is 5.70. The fraction of sp³-hybridized carbons (Fsp3) is 0.889. The first-order chi connectivity index (χ1) is 8.94. The van der Waals surface area contributed by atoms with Gasteiger partial charge in [-0.15, -0.1) is 0 Å². The molecule has 0 spiro atoms. The molecule has 0 radical (unpaired) electrons. The van der Waals surface area contributed by atoms with Crippen LogP contribution < -0.4 is 0 Å². The summed E-state index contributed by atoms with van der Waals surface area (Å²) < 4.78 is 72.3. The molecule has 0 amide bonds. The van der Waals surface area contributed by atoms with E-state index in [0.29, 0.717) is 0 Å². The van der Waals surface area contributed by atoms with Crippen LogP contribution in [0.15, 0.2) is 0 Å². The zero-order chi connectivity index (χ0) is 15.7. The van der Waals surface area contributed by atoms with Gasteiger partial charge in [0.15, 0.2) is 12.4 Å². The number of esters is 1. The molecule has 4 atom stereocenters. The fourth-order valence-corrected chi connectivity index (χ4v) is 2.31. The molecule has 1 rings (SSSR count). The monoisotopic (exact) mass is 322 g/mol. The summed E-state index contributed by atoms with van der Waals surface area (Å²) in [7, 11) is -5.87. The minimum absolute atomic E-state index is 0.586. The molecule has 1 fully saturated rings. The minimum atomic E-state index is -5.87. The predicted octanol–water partition coefficient (Wildman–Crippen LogP) is 0.280. The molecule has 0 aliphatic carbocycles. The molecule has 11 heteroatoms. The summed E-state index contributed by atoms with van der Waals surface area (Å²) in [6, 6.07) is 0. The molecule has 0 aromatic carbocycles. The molecule has 20 heavy (non-hydrogen) atoms. The minimum Gasteiger partial charge on any atom is -0.457 e. The van der Waals surface area contributed by atoms with Crippen LogP contribution in [0.5, 0.6) is 0 Å². The zero-order valence-corrected chi connectivity index (χ0v) is 11.3. The van der Waals surface area contributed by atoms with E-state index in [0.717, 1.165) is 6.92 Å². The molecule has 0 bridgehead atoms. The van der Waals surface area contributed by atoms with Gasteiger partial charge in [0, 0.05) is 13.3 Å². The average Bonchev–Trinajstić information content (AvgIpc) is 2.20. The molecule has 7 nitrogen and oxygen atoms in total. The van der Waals surface area contributed by atoms with E-state index in [1.54, 1.807) is 0 Å². The Kier molecular flexibility index (Phi) is 5.00. The maximum atomic E-state index is 12.3. The quantitative estimate of drug-likeness (QED) is 0.452. The largest absolute Gasteiger partial charge is 0.523 e. The lowest BCUT2D eigenvalue weighted by molar-refractivity contribution is -0.232. The SMILES string of the molecule is CC(=O)O[C@H]1[C@H](C)O[C@@H](O)C[C@H]1OS(=O)(=O)C(F)(F)F. The Morgan fingerprint density at radius 3 is 2.40 bits per heavy atom. The second kappa shape index (κ2) is 5.84. The van der Waals surface area contributed by atoms with Crippen molar-refractivity contribution >= 4 is 16.1 Å². The van der Waals surface area contributed by atoms with Crippen molar-refractivity contribution < 1.29 is 45.1 Å². The van der Waals surface area contributed by atoms with E-state index in [4.69, 9.17) is 9.47 Å². The average molecular weight is 322 g/mol.